The minimum absolute atomic E-state index is 0.732. The van der Waals surface area contributed by atoms with Crippen molar-refractivity contribution in [3.05, 3.63) is 47.5 Å². The fourth-order valence-electron chi connectivity index (χ4n) is 2.28. The first-order chi connectivity index (χ1) is 10.8. The second kappa shape index (κ2) is 7.22. The smallest absolute Gasteiger partial charge is 0.205 e. The lowest BCUT2D eigenvalue weighted by molar-refractivity contribution is 0.307. The molecule has 114 valence electrons. The van der Waals surface area contributed by atoms with Crippen molar-refractivity contribution in [3.63, 3.8) is 0 Å². The van der Waals surface area contributed by atoms with E-state index in [0.717, 1.165) is 41.8 Å². The molecule has 0 fully saturated rings. The average Bonchev–Trinajstić information content (AvgIpc) is 3.02. The number of aromatic nitrogens is 2. The second-order valence-corrected chi connectivity index (χ2v) is 6.13. The Kier molecular flexibility index (Phi) is 4.85. The summed E-state index contributed by atoms with van der Waals surface area (Å²) in [5.74, 6) is 0.937. The van der Waals surface area contributed by atoms with Crippen LogP contribution >= 0.6 is 11.3 Å². The van der Waals surface area contributed by atoms with Crippen molar-refractivity contribution in [3.8, 4) is 5.75 Å². The highest BCUT2D eigenvalue weighted by Gasteiger charge is 2.02. The number of fused-ring (bicyclic) bond motifs is 1. The van der Waals surface area contributed by atoms with Gasteiger partial charge in [0.1, 0.15) is 10.8 Å². The number of hydrogen-bond donors (Lipinski definition) is 1. The van der Waals surface area contributed by atoms with Gasteiger partial charge in [-0.05, 0) is 35.7 Å². The summed E-state index contributed by atoms with van der Waals surface area (Å²) < 4.78 is 5.83. The predicted octanol–water partition coefficient (Wildman–Crippen LogP) is 4.13. The Morgan fingerprint density at radius 2 is 1.91 bits per heavy atom. The van der Waals surface area contributed by atoms with E-state index in [0.29, 0.717) is 0 Å². The third-order valence-corrected chi connectivity index (χ3v) is 4.46. The van der Waals surface area contributed by atoms with Gasteiger partial charge < -0.3 is 10.1 Å². The molecule has 0 unspecified atom stereocenters. The van der Waals surface area contributed by atoms with Crippen LogP contribution in [0.3, 0.4) is 0 Å². The lowest BCUT2D eigenvalue weighted by Gasteiger charge is -2.07. The Morgan fingerprint density at radius 1 is 1.05 bits per heavy atom. The van der Waals surface area contributed by atoms with Gasteiger partial charge in [0, 0.05) is 13.5 Å². The van der Waals surface area contributed by atoms with Gasteiger partial charge in [0.25, 0.3) is 0 Å². The Labute approximate surface area is 134 Å². The number of anilines is 1. The molecule has 4 nitrogen and oxygen atoms in total. The molecule has 0 aliphatic carbocycles. The van der Waals surface area contributed by atoms with Gasteiger partial charge in [0.2, 0.25) is 5.13 Å². The van der Waals surface area contributed by atoms with Crippen molar-refractivity contribution in [2.75, 3.05) is 19.0 Å². The van der Waals surface area contributed by atoms with Crippen LogP contribution in [0.2, 0.25) is 0 Å². The molecule has 0 aliphatic heterocycles. The zero-order chi connectivity index (χ0) is 15.2. The van der Waals surface area contributed by atoms with E-state index >= 15 is 0 Å². The summed E-state index contributed by atoms with van der Waals surface area (Å²) in [6.07, 6.45) is 3.04. The molecular formula is C17H19N3OS. The summed E-state index contributed by atoms with van der Waals surface area (Å²) in [5, 5.41) is 15.6. The first-order valence-corrected chi connectivity index (χ1v) is 8.28. The van der Waals surface area contributed by atoms with Crippen molar-refractivity contribution in [2.24, 2.45) is 0 Å². The molecule has 0 amide bonds. The van der Waals surface area contributed by atoms with Gasteiger partial charge in [-0.3, -0.25) is 0 Å². The zero-order valence-corrected chi connectivity index (χ0v) is 13.4. The number of nitrogens with one attached hydrogen (secondary N) is 1. The first-order valence-electron chi connectivity index (χ1n) is 7.47. The third-order valence-electron chi connectivity index (χ3n) is 3.46. The maximum Gasteiger partial charge on any atom is 0.205 e. The van der Waals surface area contributed by atoms with E-state index in [2.05, 4.69) is 45.8 Å². The van der Waals surface area contributed by atoms with Crippen LogP contribution in [0, 0.1) is 0 Å². The van der Waals surface area contributed by atoms with E-state index in [-0.39, 0.29) is 0 Å². The molecule has 1 aromatic heterocycles. The Morgan fingerprint density at radius 3 is 2.73 bits per heavy atom. The van der Waals surface area contributed by atoms with Gasteiger partial charge in [0.05, 0.1) is 6.61 Å². The van der Waals surface area contributed by atoms with E-state index in [9.17, 15) is 0 Å². The first kappa shape index (κ1) is 14.8. The molecule has 0 atom stereocenters. The van der Waals surface area contributed by atoms with E-state index in [1.54, 1.807) is 11.3 Å². The minimum atomic E-state index is 0.732. The quantitative estimate of drug-likeness (QED) is 0.666. The van der Waals surface area contributed by atoms with E-state index in [4.69, 9.17) is 4.74 Å². The molecule has 0 saturated carbocycles. The van der Waals surface area contributed by atoms with Gasteiger partial charge in [-0.1, -0.05) is 41.7 Å². The zero-order valence-electron chi connectivity index (χ0n) is 12.6. The highest BCUT2D eigenvalue weighted by atomic mass is 32.1. The fraction of sp³-hybridized carbons (Fsp3) is 0.294. The molecule has 1 heterocycles. The van der Waals surface area contributed by atoms with Crippen LogP contribution in [0.25, 0.3) is 10.8 Å². The third kappa shape index (κ3) is 3.74. The number of ether oxygens (including phenoxy) is 1. The highest BCUT2D eigenvalue weighted by molar-refractivity contribution is 7.15. The molecule has 22 heavy (non-hydrogen) atoms. The van der Waals surface area contributed by atoms with Crippen molar-refractivity contribution >= 4 is 27.2 Å². The molecule has 0 bridgehead atoms. The second-order valence-electron chi connectivity index (χ2n) is 5.07. The Balaban J connectivity index is 1.44. The van der Waals surface area contributed by atoms with Crippen LogP contribution in [0.15, 0.2) is 42.5 Å². The summed E-state index contributed by atoms with van der Waals surface area (Å²) in [5.41, 5.74) is 0. The van der Waals surface area contributed by atoms with Crippen molar-refractivity contribution in [1.29, 1.82) is 0 Å². The summed E-state index contributed by atoms with van der Waals surface area (Å²) in [4.78, 5) is 0. The van der Waals surface area contributed by atoms with Crippen molar-refractivity contribution < 1.29 is 4.74 Å². The molecule has 3 rings (SSSR count). The molecule has 0 spiro atoms. The maximum atomic E-state index is 5.83. The van der Waals surface area contributed by atoms with Gasteiger partial charge in [-0.15, -0.1) is 10.2 Å². The normalized spacial score (nSPS) is 10.8. The number of benzene rings is 2. The number of unbranched alkanes of at least 4 members (excludes halogenated alkanes) is 1. The van der Waals surface area contributed by atoms with Gasteiger partial charge in [0.15, 0.2) is 0 Å². The number of rotatable bonds is 7. The molecule has 0 saturated heterocycles. The van der Waals surface area contributed by atoms with Crippen LogP contribution < -0.4 is 10.1 Å². The topological polar surface area (TPSA) is 47.0 Å². The predicted molar refractivity (Wildman–Crippen MR) is 91.8 cm³/mol. The SMILES string of the molecule is CNc1nnc(CCCCOc2ccc3ccccc3c2)s1. The van der Waals surface area contributed by atoms with E-state index in [1.807, 2.05) is 19.2 Å². The monoisotopic (exact) mass is 313 g/mol. The average molecular weight is 313 g/mol. The van der Waals surface area contributed by atoms with Crippen LogP contribution in [0.4, 0.5) is 5.13 Å². The number of nitrogens with zero attached hydrogens (tertiary/aromatic N) is 2. The van der Waals surface area contributed by atoms with Crippen LogP contribution in [-0.2, 0) is 6.42 Å². The lowest BCUT2D eigenvalue weighted by atomic mass is 10.1. The molecule has 1 N–H and O–H groups in total. The van der Waals surface area contributed by atoms with Crippen LogP contribution in [-0.4, -0.2) is 23.9 Å². The summed E-state index contributed by atoms with van der Waals surface area (Å²) >= 11 is 1.61. The minimum Gasteiger partial charge on any atom is -0.494 e. The molecule has 3 aromatic rings. The Bertz CT molecular complexity index is 741. The number of aryl methyl sites for hydroxylation is 1. The largest absolute Gasteiger partial charge is 0.494 e. The molecule has 5 heteroatoms. The summed E-state index contributed by atoms with van der Waals surface area (Å²) in [6.45, 7) is 0.732. The molecule has 2 aromatic carbocycles. The van der Waals surface area contributed by atoms with Crippen molar-refractivity contribution in [2.45, 2.75) is 19.3 Å². The molecule has 0 aliphatic rings. The van der Waals surface area contributed by atoms with Crippen LogP contribution in [0.5, 0.6) is 5.75 Å². The van der Waals surface area contributed by atoms with E-state index < -0.39 is 0 Å². The van der Waals surface area contributed by atoms with Gasteiger partial charge in [-0.25, -0.2) is 0 Å². The summed E-state index contributed by atoms with van der Waals surface area (Å²) in [7, 11) is 1.86. The van der Waals surface area contributed by atoms with Gasteiger partial charge in [-0.2, -0.15) is 0 Å². The number of hydrogen-bond acceptors (Lipinski definition) is 5. The molecular weight excluding hydrogens is 294 g/mol. The van der Waals surface area contributed by atoms with Gasteiger partial charge >= 0.3 is 0 Å². The lowest BCUT2D eigenvalue weighted by Crippen LogP contribution is -1.98. The summed E-state index contributed by atoms with van der Waals surface area (Å²) in [6, 6.07) is 14.6. The Hall–Kier alpha value is -2.14. The molecule has 0 radical (unpaired) electrons. The fourth-order valence-corrected chi connectivity index (χ4v) is 3.02. The standard InChI is InChI=1S/C17H19N3OS/c1-18-17-20-19-16(22-17)8-4-5-11-21-15-10-9-13-6-2-3-7-14(13)12-15/h2-3,6-7,9-10,12H,4-5,8,11H2,1H3,(H,18,20). The maximum absolute atomic E-state index is 5.83. The van der Waals surface area contributed by atoms with Crippen molar-refractivity contribution in [1.82, 2.24) is 10.2 Å². The highest BCUT2D eigenvalue weighted by Crippen LogP contribution is 2.21. The van der Waals surface area contributed by atoms with E-state index in [1.165, 1.54) is 10.8 Å². The van der Waals surface area contributed by atoms with Crippen LogP contribution in [0.1, 0.15) is 17.8 Å².